The van der Waals surface area contributed by atoms with Crippen LogP contribution < -0.4 is 14.8 Å². The summed E-state index contributed by atoms with van der Waals surface area (Å²) in [5.74, 6) is 1.58. The second-order valence-electron chi connectivity index (χ2n) is 6.97. The Kier molecular flexibility index (Phi) is 5.53. The maximum Gasteiger partial charge on any atom is 0.123 e. The molecule has 3 aromatic rings. The quantitative estimate of drug-likeness (QED) is 0.691. The number of nitrogens with one attached hydrogen (secondary N) is 1. The Morgan fingerprint density at radius 2 is 1.96 bits per heavy atom. The molecule has 144 valence electrons. The summed E-state index contributed by atoms with van der Waals surface area (Å²) in [4.78, 5) is 4.32. The van der Waals surface area contributed by atoms with Gasteiger partial charge in [0.05, 0.1) is 7.11 Å². The summed E-state index contributed by atoms with van der Waals surface area (Å²) in [5.41, 5.74) is 4.23. The maximum atomic E-state index is 13.1. The second-order valence-corrected chi connectivity index (χ2v) is 6.97. The van der Waals surface area contributed by atoms with Crippen molar-refractivity contribution in [1.29, 1.82) is 0 Å². The van der Waals surface area contributed by atoms with Crippen molar-refractivity contribution in [2.24, 2.45) is 0 Å². The first-order chi connectivity index (χ1) is 13.7. The SMILES string of the molecule is COc1ccc2c(c1)CCC(CNCc1cncc(-c3ccc(F)cc3)c1)O2. The van der Waals surface area contributed by atoms with Gasteiger partial charge >= 0.3 is 0 Å². The molecule has 0 radical (unpaired) electrons. The van der Waals surface area contributed by atoms with Crippen LogP contribution in [-0.2, 0) is 13.0 Å². The zero-order valence-corrected chi connectivity index (χ0v) is 15.8. The van der Waals surface area contributed by atoms with Gasteiger partial charge in [0.25, 0.3) is 0 Å². The van der Waals surface area contributed by atoms with Crippen LogP contribution in [-0.4, -0.2) is 24.7 Å². The van der Waals surface area contributed by atoms with Gasteiger partial charge in [-0.2, -0.15) is 0 Å². The van der Waals surface area contributed by atoms with E-state index in [-0.39, 0.29) is 11.9 Å². The first kappa shape index (κ1) is 18.4. The number of halogens is 1. The average molecular weight is 378 g/mol. The molecule has 0 saturated carbocycles. The Balaban J connectivity index is 1.33. The minimum Gasteiger partial charge on any atom is -0.497 e. The monoisotopic (exact) mass is 378 g/mol. The summed E-state index contributed by atoms with van der Waals surface area (Å²) in [6, 6.07) is 14.5. The van der Waals surface area contributed by atoms with Crippen molar-refractivity contribution in [1.82, 2.24) is 10.3 Å². The lowest BCUT2D eigenvalue weighted by Gasteiger charge is -2.26. The van der Waals surface area contributed by atoms with Gasteiger partial charge in [0.2, 0.25) is 0 Å². The summed E-state index contributed by atoms with van der Waals surface area (Å²) < 4.78 is 24.5. The van der Waals surface area contributed by atoms with E-state index in [1.54, 1.807) is 25.4 Å². The third-order valence-corrected chi connectivity index (χ3v) is 4.97. The first-order valence-electron chi connectivity index (χ1n) is 9.45. The van der Waals surface area contributed by atoms with Gasteiger partial charge in [-0.25, -0.2) is 4.39 Å². The summed E-state index contributed by atoms with van der Waals surface area (Å²) in [5, 5.41) is 3.46. The summed E-state index contributed by atoms with van der Waals surface area (Å²) in [6.07, 6.45) is 5.76. The molecule has 1 aliphatic heterocycles. The van der Waals surface area contributed by atoms with E-state index in [0.717, 1.165) is 47.6 Å². The van der Waals surface area contributed by atoms with Crippen molar-refractivity contribution >= 4 is 0 Å². The number of aryl methyl sites for hydroxylation is 1. The molecule has 0 fully saturated rings. The molecule has 4 rings (SSSR count). The van der Waals surface area contributed by atoms with Crippen LogP contribution in [0.2, 0.25) is 0 Å². The van der Waals surface area contributed by atoms with Crippen LogP contribution in [0.25, 0.3) is 11.1 Å². The highest BCUT2D eigenvalue weighted by molar-refractivity contribution is 5.62. The second kappa shape index (κ2) is 8.40. The highest BCUT2D eigenvalue weighted by atomic mass is 19.1. The van der Waals surface area contributed by atoms with Crippen molar-refractivity contribution in [2.45, 2.75) is 25.5 Å². The van der Waals surface area contributed by atoms with Crippen LogP contribution in [0.3, 0.4) is 0 Å². The Labute approximate surface area is 164 Å². The van der Waals surface area contributed by atoms with Gasteiger partial charge in [-0.1, -0.05) is 12.1 Å². The number of pyridine rings is 1. The molecule has 2 heterocycles. The first-order valence-corrected chi connectivity index (χ1v) is 9.45. The molecule has 2 aromatic carbocycles. The normalized spacial score (nSPS) is 15.6. The average Bonchev–Trinajstić information content (AvgIpc) is 2.74. The molecule has 0 bridgehead atoms. The van der Waals surface area contributed by atoms with Crippen LogP contribution in [0.4, 0.5) is 4.39 Å². The van der Waals surface area contributed by atoms with Gasteiger partial charge in [-0.05, 0) is 65.9 Å². The van der Waals surface area contributed by atoms with Crippen molar-refractivity contribution in [3.05, 3.63) is 77.9 Å². The van der Waals surface area contributed by atoms with E-state index < -0.39 is 0 Å². The molecule has 28 heavy (non-hydrogen) atoms. The zero-order chi connectivity index (χ0) is 19.3. The largest absolute Gasteiger partial charge is 0.497 e. The maximum absolute atomic E-state index is 13.1. The van der Waals surface area contributed by atoms with Gasteiger partial charge in [0, 0.05) is 31.0 Å². The van der Waals surface area contributed by atoms with Gasteiger partial charge in [-0.15, -0.1) is 0 Å². The van der Waals surface area contributed by atoms with E-state index in [0.29, 0.717) is 6.54 Å². The molecule has 5 heteroatoms. The molecule has 1 atom stereocenters. The highest BCUT2D eigenvalue weighted by Gasteiger charge is 2.19. The fourth-order valence-electron chi connectivity index (χ4n) is 3.45. The number of fused-ring (bicyclic) bond motifs is 1. The number of benzene rings is 2. The van der Waals surface area contributed by atoms with Gasteiger partial charge in [0.15, 0.2) is 0 Å². The highest BCUT2D eigenvalue weighted by Crippen LogP contribution is 2.30. The molecule has 1 aliphatic rings. The predicted octanol–water partition coefficient (Wildman–Crippen LogP) is 4.38. The topological polar surface area (TPSA) is 43.4 Å². The Morgan fingerprint density at radius 1 is 1.11 bits per heavy atom. The number of hydrogen-bond donors (Lipinski definition) is 1. The van der Waals surface area contributed by atoms with E-state index >= 15 is 0 Å². The molecule has 0 saturated heterocycles. The smallest absolute Gasteiger partial charge is 0.123 e. The van der Waals surface area contributed by atoms with Crippen LogP contribution in [0.15, 0.2) is 60.9 Å². The van der Waals surface area contributed by atoms with E-state index in [9.17, 15) is 4.39 Å². The lowest BCUT2D eigenvalue weighted by molar-refractivity contribution is 0.170. The lowest BCUT2D eigenvalue weighted by atomic mass is 10.0. The van der Waals surface area contributed by atoms with E-state index in [1.807, 2.05) is 24.4 Å². The molecule has 4 nitrogen and oxygen atoms in total. The van der Waals surface area contributed by atoms with Gasteiger partial charge in [-0.3, -0.25) is 4.98 Å². The third-order valence-electron chi connectivity index (χ3n) is 4.97. The summed E-state index contributed by atoms with van der Waals surface area (Å²) >= 11 is 0. The van der Waals surface area contributed by atoms with Crippen molar-refractivity contribution < 1.29 is 13.9 Å². The molecule has 0 aliphatic carbocycles. The van der Waals surface area contributed by atoms with Crippen molar-refractivity contribution in [3.8, 4) is 22.6 Å². The minimum absolute atomic E-state index is 0.147. The Morgan fingerprint density at radius 3 is 2.79 bits per heavy atom. The number of hydrogen-bond acceptors (Lipinski definition) is 4. The minimum atomic E-state index is -0.234. The molecule has 0 amide bonds. The zero-order valence-electron chi connectivity index (χ0n) is 15.8. The fraction of sp³-hybridized carbons (Fsp3) is 0.261. The number of ether oxygens (including phenoxy) is 2. The summed E-state index contributed by atoms with van der Waals surface area (Å²) in [6.45, 7) is 1.48. The summed E-state index contributed by atoms with van der Waals surface area (Å²) in [7, 11) is 1.68. The standard InChI is InChI=1S/C23H23FN2O2/c1-27-21-8-9-23-18(11-21)4-7-22(28-23)15-26-13-16-10-19(14-25-12-16)17-2-5-20(24)6-3-17/h2-3,5-6,8-12,14,22,26H,4,7,13,15H2,1H3. The van der Waals surface area contributed by atoms with Crippen molar-refractivity contribution in [2.75, 3.05) is 13.7 Å². The van der Waals surface area contributed by atoms with Gasteiger partial charge in [0.1, 0.15) is 23.4 Å². The third kappa shape index (κ3) is 4.31. The fourth-order valence-corrected chi connectivity index (χ4v) is 3.45. The molecule has 1 unspecified atom stereocenters. The molecular weight excluding hydrogens is 355 g/mol. The Bertz CT molecular complexity index is 944. The van der Waals surface area contributed by atoms with Crippen molar-refractivity contribution in [3.63, 3.8) is 0 Å². The predicted molar refractivity (Wildman–Crippen MR) is 107 cm³/mol. The van der Waals surface area contributed by atoms with E-state index in [4.69, 9.17) is 9.47 Å². The lowest BCUT2D eigenvalue weighted by Crippen LogP contribution is -2.34. The van der Waals surface area contributed by atoms with Crippen LogP contribution >= 0.6 is 0 Å². The van der Waals surface area contributed by atoms with Crippen LogP contribution in [0.5, 0.6) is 11.5 Å². The van der Waals surface area contributed by atoms with E-state index in [1.165, 1.54) is 17.7 Å². The number of aromatic nitrogens is 1. The van der Waals surface area contributed by atoms with E-state index in [2.05, 4.69) is 16.4 Å². The van der Waals surface area contributed by atoms with Crippen LogP contribution in [0.1, 0.15) is 17.5 Å². The van der Waals surface area contributed by atoms with Crippen LogP contribution in [0, 0.1) is 5.82 Å². The number of nitrogens with zero attached hydrogens (tertiary/aromatic N) is 1. The molecular formula is C23H23FN2O2. The van der Waals surface area contributed by atoms with Gasteiger partial charge < -0.3 is 14.8 Å². The molecule has 0 spiro atoms. The molecule has 1 aromatic heterocycles. The number of rotatable bonds is 6. The number of methoxy groups -OCH3 is 1. The molecule has 1 N–H and O–H groups in total. The Hall–Kier alpha value is -2.92.